The van der Waals surface area contributed by atoms with E-state index in [4.69, 9.17) is 9.51 Å². The summed E-state index contributed by atoms with van der Waals surface area (Å²) in [6, 6.07) is 10.5. The van der Waals surface area contributed by atoms with Crippen molar-refractivity contribution in [3.8, 4) is 0 Å². The van der Waals surface area contributed by atoms with Crippen molar-refractivity contribution in [3.63, 3.8) is 0 Å². The van der Waals surface area contributed by atoms with E-state index in [1.807, 2.05) is 46.0 Å². The number of hydrogen-bond acceptors (Lipinski definition) is 7. The molecule has 0 aliphatic heterocycles. The van der Waals surface area contributed by atoms with Crippen LogP contribution in [0.3, 0.4) is 0 Å². The summed E-state index contributed by atoms with van der Waals surface area (Å²) < 4.78 is 7.36. The molecule has 4 aromatic rings. The van der Waals surface area contributed by atoms with Gasteiger partial charge in [-0.05, 0) is 83.1 Å². The summed E-state index contributed by atoms with van der Waals surface area (Å²) in [6.07, 6.45) is 5.48. The highest BCUT2D eigenvalue weighted by molar-refractivity contribution is 5.94. The normalized spacial score (nSPS) is 23.2. The molecule has 9 nitrogen and oxygen atoms in total. The van der Waals surface area contributed by atoms with Crippen molar-refractivity contribution in [1.29, 1.82) is 0 Å². The van der Waals surface area contributed by atoms with Gasteiger partial charge in [0.05, 0.1) is 22.5 Å². The number of carboxylic acids is 1. The van der Waals surface area contributed by atoms with E-state index in [0.717, 1.165) is 61.4 Å². The second-order valence-electron chi connectivity index (χ2n) is 11.5. The number of anilines is 1. The summed E-state index contributed by atoms with van der Waals surface area (Å²) in [5.41, 5.74) is 2.92. The van der Waals surface area contributed by atoms with E-state index in [-0.39, 0.29) is 28.0 Å². The van der Waals surface area contributed by atoms with E-state index < -0.39 is 5.97 Å². The number of aromatic carboxylic acids is 1. The van der Waals surface area contributed by atoms with Crippen molar-refractivity contribution < 1.29 is 14.4 Å². The minimum Gasteiger partial charge on any atom is -0.478 e. The monoisotopic (exact) mass is 527 g/mol. The third-order valence-electron chi connectivity index (χ3n) is 9.05. The molecule has 2 aromatic carbocycles. The van der Waals surface area contributed by atoms with Crippen molar-refractivity contribution >= 4 is 22.6 Å². The van der Waals surface area contributed by atoms with Crippen LogP contribution in [0.1, 0.15) is 90.5 Å². The molecule has 2 heterocycles. The minimum absolute atomic E-state index is 0.0533. The minimum atomic E-state index is -0.992. The Labute approximate surface area is 226 Å². The average Bonchev–Trinajstić information content (AvgIpc) is 3.38. The lowest BCUT2D eigenvalue weighted by Gasteiger charge is -2.51. The zero-order valence-electron chi connectivity index (χ0n) is 22.7. The van der Waals surface area contributed by atoms with Gasteiger partial charge in [0, 0.05) is 29.1 Å². The van der Waals surface area contributed by atoms with E-state index >= 15 is 0 Å². The number of para-hydroxylation sites is 1. The number of aryl methyl sites for hydroxylation is 2. The Kier molecular flexibility index (Phi) is 5.86. The smallest absolute Gasteiger partial charge is 0.337 e. The van der Waals surface area contributed by atoms with Gasteiger partial charge in [-0.3, -0.25) is 9.36 Å². The van der Waals surface area contributed by atoms with Crippen molar-refractivity contribution in [2.75, 3.05) is 5.32 Å². The third kappa shape index (κ3) is 4.02. The molecule has 0 radical (unpaired) electrons. The fourth-order valence-electron chi connectivity index (χ4n) is 6.82. The summed E-state index contributed by atoms with van der Waals surface area (Å²) >= 11 is 0. The molecule has 2 N–H and O–H groups in total. The largest absolute Gasteiger partial charge is 0.478 e. The molecule has 0 unspecified atom stereocenters. The van der Waals surface area contributed by atoms with E-state index in [1.165, 1.54) is 0 Å². The molecule has 1 atom stereocenters. The summed E-state index contributed by atoms with van der Waals surface area (Å²) in [7, 11) is 1.84. The van der Waals surface area contributed by atoms with Crippen LogP contribution in [-0.2, 0) is 17.9 Å². The predicted molar refractivity (Wildman–Crippen MR) is 147 cm³/mol. The van der Waals surface area contributed by atoms with Crippen LogP contribution in [0.15, 0.2) is 45.7 Å². The van der Waals surface area contributed by atoms with Gasteiger partial charge in [0.15, 0.2) is 5.82 Å². The van der Waals surface area contributed by atoms with Crippen molar-refractivity contribution in [1.82, 2.24) is 19.7 Å². The van der Waals surface area contributed by atoms with Crippen molar-refractivity contribution in [3.05, 3.63) is 81.0 Å². The number of benzene rings is 2. The Hall–Kier alpha value is -4.01. The molecule has 9 heteroatoms. The Morgan fingerprint density at radius 3 is 2.36 bits per heavy atom. The number of carbonyl (C=O) groups is 1. The van der Waals surface area contributed by atoms with Gasteiger partial charge in [-0.1, -0.05) is 23.4 Å². The van der Waals surface area contributed by atoms with Gasteiger partial charge >= 0.3 is 5.97 Å². The standard InChI is InChI=1S/C30H33N5O4/c1-17-15-21(18(2)31-23-8-6-5-7-20(23)26(37)38)24-22(16-17)25(36)35(4)27(33-24)29-9-12-30(13-10-29,14-11-29)28-32-19(3)34-39-28/h5-8,15-16,18,31H,9-14H2,1-4H3,(H,37,38)/t18-,29?,30?/m1/s1. The number of nitrogens with one attached hydrogen (secondary N) is 1. The summed E-state index contributed by atoms with van der Waals surface area (Å²) in [6.45, 7) is 5.80. The van der Waals surface area contributed by atoms with E-state index in [0.29, 0.717) is 22.4 Å². The molecule has 3 aliphatic carbocycles. The molecule has 3 saturated carbocycles. The van der Waals surface area contributed by atoms with Crippen LogP contribution in [0.2, 0.25) is 0 Å². The first-order chi connectivity index (χ1) is 18.6. The maximum atomic E-state index is 13.8. The SMILES string of the molecule is Cc1cc([C@@H](C)Nc2ccccc2C(=O)O)c2nc(C34CCC(c5nc(C)no5)(CC3)CC4)n(C)c(=O)c2c1. The van der Waals surface area contributed by atoms with Crippen LogP contribution in [0.5, 0.6) is 0 Å². The quantitative estimate of drug-likeness (QED) is 0.344. The highest BCUT2D eigenvalue weighted by Gasteiger charge is 2.54. The number of fused-ring (bicyclic) bond motifs is 4. The number of aromatic nitrogens is 4. The van der Waals surface area contributed by atoms with Gasteiger partial charge in [0.2, 0.25) is 5.89 Å². The topological polar surface area (TPSA) is 123 Å². The molecule has 202 valence electrons. The molecule has 0 spiro atoms. The van der Waals surface area contributed by atoms with Crippen LogP contribution in [0.25, 0.3) is 10.9 Å². The second kappa shape index (κ2) is 9.03. The summed E-state index contributed by atoms with van der Waals surface area (Å²) in [4.78, 5) is 35.4. The zero-order valence-corrected chi connectivity index (χ0v) is 22.7. The van der Waals surface area contributed by atoms with E-state index in [1.54, 1.807) is 22.8 Å². The highest BCUT2D eigenvalue weighted by atomic mass is 16.5. The molecule has 2 aromatic heterocycles. The van der Waals surface area contributed by atoms with Crippen LogP contribution in [0, 0.1) is 13.8 Å². The summed E-state index contributed by atoms with van der Waals surface area (Å²) in [5.74, 6) is 1.25. The fourth-order valence-corrected chi connectivity index (χ4v) is 6.82. The number of carboxylic acid groups (broad SMARTS) is 1. The number of hydrogen-bond donors (Lipinski definition) is 2. The molecule has 39 heavy (non-hydrogen) atoms. The van der Waals surface area contributed by atoms with Gasteiger partial charge in [-0.15, -0.1) is 0 Å². The van der Waals surface area contributed by atoms with Gasteiger partial charge in [-0.2, -0.15) is 4.98 Å². The van der Waals surface area contributed by atoms with Gasteiger partial charge in [0.25, 0.3) is 5.56 Å². The van der Waals surface area contributed by atoms with E-state index in [2.05, 4.69) is 15.5 Å². The lowest BCUT2D eigenvalue weighted by Crippen LogP contribution is -2.49. The van der Waals surface area contributed by atoms with Crippen LogP contribution < -0.4 is 10.9 Å². The van der Waals surface area contributed by atoms with Gasteiger partial charge in [-0.25, -0.2) is 9.78 Å². The van der Waals surface area contributed by atoms with Crippen LogP contribution in [-0.4, -0.2) is 30.8 Å². The Morgan fingerprint density at radius 1 is 1.05 bits per heavy atom. The molecule has 0 amide bonds. The lowest BCUT2D eigenvalue weighted by molar-refractivity contribution is 0.0684. The summed E-state index contributed by atoms with van der Waals surface area (Å²) in [5, 5.41) is 17.6. The number of nitrogens with zero attached hydrogens (tertiary/aromatic N) is 4. The first-order valence-electron chi connectivity index (χ1n) is 13.5. The van der Waals surface area contributed by atoms with Crippen LogP contribution in [0.4, 0.5) is 5.69 Å². The first-order valence-corrected chi connectivity index (χ1v) is 13.5. The third-order valence-corrected chi connectivity index (χ3v) is 9.05. The first kappa shape index (κ1) is 25.3. The average molecular weight is 528 g/mol. The van der Waals surface area contributed by atoms with Gasteiger partial charge < -0.3 is 14.9 Å². The number of rotatable bonds is 6. The van der Waals surface area contributed by atoms with E-state index in [9.17, 15) is 14.7 Å². The molecule has 0 saturated heterocycles. The highest BCUT2D eigenvalue weighted by Crippen LogP contribution is 2.57. The van der Waals surface area contributed by atoms with Crippen molar-refractivity contribution in [2.45, 2.75) is 76.2 Å². The molecular weight excluding hydrogens is 494 g/mol. The Bertz CT molecular complexity index is 1650. The molecular formula is C30H33N5O4. The second-order valence-corrected chi connectivity index (χ2v) is 11.5. The zero-order chi connectivity index (χ0) is 27.5. The Balaban J connectivity index is 1.41. The lowest BCUT2D eigenvalue weighted by atomic mass is 9.53. The fraction of sp³-hybridized carbons (Fsp3) is 0.433. The predicted octanol–water partition coefficient (Wildman–Crippen LogP) is 5.35. The van der Waals surface area contributed by atoms with Crippen molar-refractivity contribution in [2.24, 2.45) is 7.05 Å². The maximum absolute atomic E-state index is 13.8. The van der Waals surface area contributed by atoms with Gasteiger partial charge in [0.1, 0.15) is 5.82 Å². The molecule has 2 bridgehead atoms. The molecule has 7 rings (SSSR count). The maximum Gasteiger partial charge on any atom is 0.337 e. The Morgan fingerprint density at radius 2 is 1.72 bits per heavy atom. The molecule has 3 fully saturated rings. The van der Waals surface area contributed by atoms with Crippen LogP contribution >= 0.6 is 0 Å². The molecule has 3 aliphatic rings.